The van der Waals surface area contributed by atoms with Crippen molar-refractivity contribution in [3.63, 3.8) is 0 Å². The quantitative estimate of drug-likeness (QED) is 0.827. The summed E-state index contributed by atoms with van der Waals surface area (Å²) in [7, 11) is 0. The smallest absolute Gasteiger partial charge is 0.349 e. The van der Waals surface area contributed by atoms with E-state index in [1.165, 1.54) is 18.2 Å². The van der Waals surface area contributed by atoms with Crippen LogP contribution in [0, 0.1) is 11.7 Å². The molecule has 20 heavy (non-hydrogen) atoms. The molecule has 0 bridgehead atoms. The molecule has 2 nitrogen and oxygen atoms in total. The summed E-state index contributed by atoms with van der Waals surface area (Å²) in [5.41, 5.74) is -0.223. The second-order valence-corrected chi connectivity index (χ2v) is 4.99. The van der Waals surface area contributed by atoms with Crippen molar-refractivity contribution >= 4 is 5.91 Å². The Labute approximate surface area is 114 Å². The summed E-state index contributed by atoms with van der Waals surface area (Å²) in [4.78, 5) is 11.9. The zero-order chi connectivity index (χ0) is 14.8. The van der Waals surface area contributed by atoms with E-state index < -0.39 is 29.9 Å². The number of rotatable bonds is 2. The van der Waals surface area contributed by atoms with Crippen molar-refractivity contribution in [1.29, 1.82) is 0 Å². The first kappa shape index (κ1) is 14.8. The molecule has 1 saturated carbocycles. The number of carbonyl (C=O) groups excluding carboxylic acids is 1. The van der Waals surface area contributed by atoms with Crippen LogP contribution in [0.2, 0.25) is 0 Å². The van der Waals surface area contributed by atoms with Gasteiger partial charge in [-0.05, 0) is 25.0 Å². The zero-order valence-electron chi connectivity index (χ0n) is 10.7. The van der Waals surface area contributed by atoms with E-state index in [0.717, 1.165) is 6.07 Å². The van der Waals surface area contributed by atoms with Gasteiger partial charge in [0.05, 0.1) is 11.5 Å². The van der Waals surface area contributed by atoms with Gasteiger partial charge in [-0.3, -0.25) is 4.79 Å². The van der Waals surface area contributed by atoms with Crippen molar-refractivity contribution in [1.82, 2.24) is 5.32 Å². The first-order valence-electron chi connectivity index (χ1n) is 6.51. The normalized spacial score (nSPS) is 23.4. The van der Waals surface area contributed by atoms with Gasteiger partial charge in [0.2, 0.25) is 0 Å². The minimum atomic E-state index is -4.34. The van der Waals surface area contributed by atoms with E-state index in [4.69, 9.17) is 0 Å². The minimum Gasteiger partial charge on any atom is -0.349 e. The summed E-state index contributed by atoms with van der Waals surface area (Å²) < 4.78 is 52.1. The summed E-state index contributed by atoms with van der Waals surface area (Å²) in [6.45, 7) is 0. The van der Waals surface area contributed by atoms with Crippen molar-refractivity contribution in [3.8, 4) is 0 Å². The molecule has 1 amide bonds. The molecule has 6 heteroatoms. The maximum Gasteiger partial charge on any atom is 0.393 e. The molecular weight excluding hydrogens is 274 g/mol. The van der Waals surface area contributed by atoms with Crippen LogP contribution >= 0.6 is 0 Å². The Kier molecular flexibility index (Phi) is 4.30. The van der Waals surface area contributed by atoms with Crippen LogP contribution < -0.4 is 5.32 Å². The topological polar surface area (TPSA) is 29.1 Å². The van der Waals surface area contributed by atoms with Gasteiger partial charge in [0.1, 0.15) is 5.82 Å². The Morgan fingerprint density at radius 1 is 1.15 bits per heavy atom. The third-order valence-corrected chi connectivity index (χ3v) is 3.62. The van der Waals surface area contributed by atoms with Gasteiger partial charge in [-0.25, -0.2) is 4.39 Å². The van der Waals surface area contributed by atoms with E-state index in [-0.39, 0.29) is 18.4 Å². The molecule has 1 fully saturated rings. The molecule has 0 radical (unpaired) electrons. The van der Waals surface area contributed by atoms with Crippen LogP contribution in [0.5, 0.6) is 0 Å². The lowest BCUT2D eigenvalue weighted by Gasteiger charge is -2.33. The monoisotopic (exact) mass is 289 g/mol. The van der Waals surface area contributed by atoms with Crippen LogP contribution in [0.4, 0.5) is 17.6 Å². The minimum absolute atomic E-state index is 0.00567. The number of carbonyl (C=O) groups is 1. The SMILES string of the molecule is O=C(N[C@@H]1CCCC[C@@H]1C(F)(F)F)c1ccccc1F. The molecule has 2 rings (SSSR count). The second-order valence-electron chi connectivity index (χ2n) is 4.99. The molecule has 2 atom stereocenters. The molecular formula is C14H15F4NO. The number of alkyl halides is 3. The van der Waals surface area contributed by atoms with E-state index in [1.807, 2.05) is 0 Å². The maximum atomic E-state index is 13.4. The Bertz CT molecular complexity index is 486. The largest absolute Gasteiger partial charge is 0.393 e. The molecule has 0 heterocycles. The van der Waals surface area contributed by atoms with Crippen LogP contribution in [-0.2, 0) is 0 Å². The van der Waals surface area contributed by atoms with Gasteiger partial charge in [-0.1, -0.05) is 25.0 Å². The van der Waals surface area contributed by atoms with Crippen LogP contribution in [0.1, 0.15) is 36.0 Å². The first-order valence-corrected chi connectivity index (χ1v) is 6.51. The lowest BCUT2D eigenvalue weighted by atomic mass is 9.84. The van der Waals surface area contributed by atoms with Crippen LogP contribution in [0.25, 0.3) is 0 Å². The predicted octanol–water partition coefficient (Wildman–Crippen LogP) is 3.68. The van der Waals surface area contributed by atoms with Crippen molar-refractivity contribution in [2.24, 2.45) is 5.92 Å². The summed E-state index contributed by atoms with van der Waals surface area (Å²) in [6.07, 6.45) is -2.94. The molecule has 0 saturated heterocycles. The highest BCUT2D eigenvalue weighted by molar-refractivity contribution is 5.94. The average molecular weight is 289 g/mol. The van der Waals surface area contributed by atoms with Gasteiger partial charge in [0.15, 0.2) is 0 Å². The summed E-state index contributed by atoms with van der Waals surface area (Å²) >= 11 is 0. The van der Waals surface area contributed by atoms with E-state index in [2.05, 4.69) is 5.32 Å². The van der Waals surface area contributed by atoms with Gasteiger partial charge in [-0.2, -0.15) is 13.2 Å². The number of amides is 1. The lowest BCUT2D eigenvalue weighted by Crippen LogP contribution is -2.47. The first-order chi connectivity index (χ1) is 9.39. The van der Waals surface area contributed by atoms with Crippen molar-refractivity contribution in [2.75, 3.05) is 0 Å². The van der Waals surface area contributed by atoms with E-state index in [0.29, 0.717) is 12.8 Å². The molecule has 1 aliphatic rings. The average Bonchev–Trinajstić information content (AvgIpc) is 2.38. The molecule has 0 unspecified atom stereocenters. The highest BCUT2D eigenvalue weighted by atomic mass is 19.4. The fourth-order valence-electron chi connectivity index (χ4n) is 2.59. The summed E-state index contributed by atoms with van der Waals surface area (Å²) in [5.74, 6) is -3.07. The van der Waals surface area contributed by atoms with Crippen molar-refractivity contribution in [2.45, 2.75) is 37.9 Å². The third kappa shape index (κ3) is 3.29. The van der Waals surface area contributed by atoms with Crippen LogP contribution in [-0.4, -0.2) is 18.1 Å². The molecule has 1 aliphatic carbocycles. The fraction of sp³-hybridized carbons (Fsp3) is 0.500. The molecule has 1 aromatic rings. The number of benzene rings is 1. The van der Waals surface area contributed by atoms with Gasteiger partial charge in [0, 0.05) is 6.04 Å². The van der Waals surface area contributed by atoms with Crippen molar-refractivity contribution < 1.29 is 22.4 Å². The predicted molar refractivity (Wildman–Crippen MR) is 65.7 cm³/mol. The van der Waals surface area contributed by atoms with Crippen LogP contribution in [0.3, 0.4) is 0 Å². The molecule has 0 spiro atoms. The molecule has 1 N–H and O–H groups in total. The highest BCUT2D eigenvalue weighted by Crippen LogP contribution is 2.37. The van der Waals surface area contributed by atoms with Crippen LogP contribution in [0.15, 0.2) is 24.3 Å². The Morgan fingerprint density at radius 2 is 1.80 bits per heavy atom. The Balaban J connectivity index is 2.11. The second kappa shape index (κ2) is 5.81. The van der Waals surface area contributed by atoms with Crippen molar-refractivity contribution in [3.05, 3.63) is 35.6 Å². The Morgan fingerprint density at radius 3 is 2.45 bits per heavy atom. The lowest BCUT2D eigenvalue weighted by molar-refractivity contribution is -0.187. The molecule has 110 valence electrons. The van der Waals surface area contributed by atoms with E-state index in [1.54, 1.807) is 0 Å². The third-order valence-electron chi connectivity index (χ3n) is 3.62. The summed E-state index contributed by atoms with van der Waals surface area (Å²) in [5, 5.41) is 2.33. The molecule has 0 aromatic heterocycles. The summed E-state index contributed by atoms with van der Waals surface area (Å²) in [6, 6.07) is 4.29. The number of hydrogen-bond acceptors (Lipinski definition) is 1. The van der Waals surface area contributed by atoms with E-state index >= 15 is 0 Å². The highest BCUT2D eigenvalue weighted by Gasteiger charge is 2.46. The maximum absolute atomic E-state index is 13.4. The van der Waals surface area contributed by atoms with Gasteiger partial charge < -0.3 is 5.32 Å². The Hall–Kier alpha value is -1.59. The van der Waals surface area contributed by atoms with Gasteiger partial charge >= 0.3 is 6.18 Å². The zero-order valence-corrected chi connectivity index (χ0v) is 10.7. The number of nitrogens with one attached hydrogen (secondary N) is 1. The van der Waals surface area contributed by atoms with Gasteiger partial charge in [0.25, 0.3) is 5.91 Å². The van der Waals surface area contributed by atoms with E-state index in [9.17, 15) is 22.4 Å². The van der Waals surface area contributed by atoms with Gasteiger partial charge in [-0.15, -0.1) is 0 Å². The molecule has 1 aromatic carbocycles. The molecule has 0 aliphatic heterocycles. The number of halogens is 4. The number of hydrogen-bond donors (Lipinski definition) is 1. The fourth-order valence-corrected chi connectivity index (χ4v) is 2.59. The standard InChI is InChI=1S/C14H15F4NO/c15-11-7-3-1-5-9(11)13(20)19-12-8-4-2-6-10(12)14(16,17)18/h1,3,5,7,10,12H,2,4,6,8H2,(H,19,20)/t10-,12+/m0/s1.